The van der Waals surface area contributed by atoms with E-state index in [4.69, 9.17) is 14.1 Å². The second kappa shape index (κ2) is 9.59. The Morgan fingerprint density at radius 2 is 1.90 bits per heavy atom. The van der Waals surface area contributed by atoms with Crippen LogP contribution in [0.3, 0.4) is 0 Å². The topological polar surface area (TPSA) is 111 Å². The van der Waals surface area contributed by atoms with Crippen molar-refractivity contribution in [2.75, 3.05) is 6.79 Å². The monoisotopic (exact) mass is 445 g/mol. The molecular weight excluding hydrogens is 422 g/mol. The van der Waals surface area contributed by atoms with E-state index < -0.39 is 62.1 Å². The standard InChI is InChI=1S/C19H23BF3NO7/c1-18(2,3)17(27)30-10-29-16(26)12-6-4-5-11-9-13(20(28)31-15(11)12)24-14(25)7-8-19(21,22)23/h4-6,13,28H,7-10H2,1-3H3,(H,24,25)/t13-/m0/s1. The minimum absolute atomic E-state index is 0.0166. The van der Waals surface area contributed by atoms with Crippen LogP contribution >= 0.6 is 0 Å². The van der Waals surface area contributed by atoms with Crippen LogP contribution in [0.15, 0.2) is 18.2 Å². The molecule has 1 atom stereocenters. The fourth-order valence-electron chi connectivity index (χ4n) is 2.67. The van der Waals surface area contributed by atoms with Crippen molar-refractivity contribution in [3.8, 4) is 5.75 Å². The van der Waals surface area contributed by atoms with Crippen LogP contribution in [0, 0.1) is 5.41 Å². The van der Waals surface area contributed by atoms with E-state index in [2.05, 4.69) is 5.32 Å². The quantitative estimate of drug-likeness (QED) is 0.392. The Balaban J connectivity index is 2.00. The lowest BCUT2D eigenvalue weighted by Gasteiger charge is -2.29. The second-order valence-corrected chi connectivity index (χ2v) is 8.03. The van der Waals surface area contributed by atoms with E-state index in [1.54, 1.807) is 26.8 Å². The summed E-state index contributed by atoms with van der Waals surface area (Å²) in [6, 6.07) is 4.47. The summed E-state index contributed by atoms with van der Waals surface area (Å²) in [6.07, 6.45) is -6.51. The Morgan fingerprint density at radius 1 is 1.23 bits per heavy atom. The van der Waals surface area contributed by atoms with Crippen LogP contribution in [0.2, 0.25) is 0 Å². The van der Waals surface area contributed by atoms with Gasteiger partial charge in [0.05, 0.1) is 17.8 Å². The van der Waals surface area contributed by atoms with Crippen molar-refractivity contribution >= 4 is 25.0 Å². The minimum Gasteiger partial charge on any atom is -0.534 e. The summed E-state index contributed by atoms with van der Waals surface area (Å²) in [4.78, 5) is 35.8. The van der Waals surface area contributed by atoms with Crippen molar-refractivity contribution in [3.05, 3.63) is 29.3 Å². The van der Waals surface area contributed by atoms with Gasteiger partial charge in [0.2, 0.25) is 12.7 Å². The number of carbonyl (C=O) groups excluding carboxylic acids is 3. The molecule has 0 radical (unpaired) electrons. The maximum atomic E-state index is 12.3. The summed E-state index contributed by atoms with van der Waals surface area (Å²) in [6.45, 7) is 4.30. The van der Waals surface area contributed by atoms with E-state index in [-0.39, 0.29) is 17.7 Å². The maximum absolute atomic E-state index is 12.3. The smallest absolute Gasteiger partial charge is 0.534 e. The van der Waals surface area contributed by atoms with Gasteiger partial charge in [-0.15, -0.1) is 0 Å². The summed E-state index contributed by atoms with van der Waals surface area (Å²) < 4.78 is 51.9. The Hall–Kier alpha value is -2.76. The fraction of sp³-hybridized carbons (Fsp3) is 0.526. The van der Waals surface area contributed by atoms with Crippen LogP contribution in [-0.4, -0.2) is 48.9 Å². The van der Waals surface area contributed by atoms with Crippen LogP contribution in [0.25, 0.3) is 0 Å². The SMILES string of the molecule is CC(C)(C)C(=O)OCOC(=O)c1cccc2c1OB(O)[C@@H](NC(=O)CCC(F)(F)F)C2. The first-order valence-corrected chi connectivity index (χ1v) is 9.45. The molecule has 0 fully saturated rings. The zero-order chi connectivity index (χ0) is 23.4. The minimum atomic E-state index is -4.47. The van der Waals surface area contributed by atoms with Gasteiger partial charge in [0.15, 0.2) is 0 Å². The average Bonchev–Trinajstić information content (AvgIpc) is 2.65. The number of rotatable bonds is 6. The van der Waals surface area contributed by atoms with E-state index >= 15 is 0 Å². The van der Waals surface area contributed by atoms with Gasteiger partial charge in [-0.2, -0.15) is 13.2 Å². The summed E-state index contributed by atoms with van der Waals surface area (Å²) in [5.74, 6) is -3.29. The molecule has 2 rings (SSSR count). The molecule has 0 aromatic heterocycles. The van der Waals surface area contributed by atoms with Crippen molar-refractivity contribution in [3.63, 3.8) is 0 Å². The Kier molecular flexibility index (Phi) is 7.58. The van der Waals surface area contributed by atoms with E-state index in [1.807, 2.05) is 0 Å². The van der Waals surface area contributed by atoms with Gasteiger partial charge in [-0.05, 0) is 38.8 Å². The van der Waals surface area contributed by atoms with Crippen molar-refractivity contribution in [2.45, 2.75) is 52.2 Å². The molecule has 8 nitrogen and oxygen atoms in total. The maximum Gasteiger partial charge on any atom is 0.547 e. The molecule has 0 spiro atoms. The highest BCUT2D eigenvalue weighted by Gasteiger charge is 2.38. The largest absolute Gasteiger partial charge is 0.547 e. The Labute approximate surface area is 177 Å². The van der Waals surface area contributed by atoms with Crippen LogP contribution in [0.1, 0.15) is 49.5 Å². The Morgan fingerprint density at radius 3 is 2.52 bits per heavy atom. The van der Waals surface area contributed by atoms with Gasteiger partial charge in [-0.25, -0.2) is 4.79 Å². The number of fused-ring (bicyclic) bond motifs is 1. The normalized spacial score (nSPS) is 16.1. The third-order valence-electron chi connectivity index (χ3n) is 4.31. The number of nitrogens with one attached hydrogen (secondary N) is 1. The number of alkyl halides is 3. The summed E-state index contributed by atoms with van der Waals surface area (Å²) in [5.41, 5.74) is -0.372. The molecule has 1 aliphatic rings. The third-order valence-corrected chi connectivity index (χ3v) is 4.31. The lowest BCUT2D eigenvalue weighted by Crippen LogP contribution is -2.53. The van der Waals surface area contributed by atoms with Gasteiger partial charge in [0.1, 0.15) is 11.3 Å². The highest BCUT2D eigenvalue weighted by molar-refractivity contribution is 6.47. The molecule has 0 unspecified atom stereocenters. The zero-order valence-electron chi connectivity index (χ0n) is 17.2. The highest BCUT2D eigenvalue weighted by Crippen LogP contribution is 2.31. The van der Waals surface area contributed by atoms with Crippen LogP contribution < -0.4 is 9.97 Å². The molecule has 12 heteroatoms. The molecule has 31 heavy (non-hydrogen) atoms. The average molecular weight is 445 g/mol. The molecule has 170 valence electrons. The van der Waals surface area contributed by atoms with Gasteiger partial charge in [-0.1, -0.05) is 12.1 Å². The number of esters is 2. The van der Waals surface area contributed by atoms with Crippen LogP contribution in [-0.2, 0) is 25.5 Å². The van der Waals surface area contributed by atoms with Gasteiger partial charge in [0, 0.05) is 6.42 Å². The van der Waals surface area contributed by atoms with Crippen molar-refractivity contribution in [1.29, 1.82) is 0 Å². The van der Waals surface area contributed by atoms with Gasteiger partial charge >= 0.3 is 25.2 Å². The van der Waals surface area contributed by atoms with Crippen molar-refractivity contribution < 1.29 is 46.7 Å². The van der Waals surface area contributed by atoms with E-state index in [1.165, 1.54) is 12.1 Å². The molecule has 1 aromatic carbocycles. The number of amides is 1. The van der Waals surface area contributed by atoms with E-state index in [0.717, 1.165) is 0 Å². The molecular formula is C19H23BF3NO7. The molecule has 1 aliphatic heterocycles. The summed E-state index contributed by atoms with van der Waals surface area (Å²) in [7, 11) is -1.59. The second-order valence-electron chi connectivity index (χ2n) is 8.03. The van der Waals surface area contributed by atoms with Crippen LogP contribution in [0.5, 0.6) is 5.75 Å². The summed E-state index contributed by atoms with van der Waals surface area (Å²) >= 11 is 0. The van der Waals surface area contributed by atoms with Crippen LogP contribution in [0.4, 0.5) is 13.2 Å². The number of ether oxygens (including phenoxy) is 2. The van der Waals surface area contributed by atoms with E-state index in [9.17, 15) is 32.6 Å². The van der Waals surface area contributed by atoms with Crippen molar-refractivity contribution in [1.82, 2.24) is 5.32 Å². The molecule has 0 saturated carbocycles. The lowest BCUT2D eigenvalue weighted by molar-refractivity contribution is -0.161. The van der Waals surface area contributed by atoms with E-state index in [0.29, 0.717) is 5.56 Å². The molecule has 0 aliphatic carbocycles. The lowest BCUT2D eigenvalue weighted by atomic mass is 9.72. The molecule has 0 bridgehead atoms. The number of hydrogen-bond acceptors (Lipinski definition) is 7. The number of hydrogen-bond donors (Lipinski definition) is 2. The van der Waals surface area contributed by atoms with Crippen molar-refractivity contribution in [2.24, 2.45) is 5.41 Å². The molecule has 1 amide bonds. The predicted octanol–water partition coefficient (Wildman–Crippen LogP) is 2.17. The molecule has 1 heterocycles. The number of halogens is 3. The van der Waals surface area contributed by atoms with Gasteiger partial charge in [0.25, 0.3) is 0 Å². The predicted molar refractivity (Wildman–Crippen MR) is 102 cm³/mol. The number of carbonyl (C=O) groups is 3. The first kappa shape index (κ1) is 24.5. The molecule has 0 saturated heterocycles. The third kappa shape index (κ3) is 7.16. The number of benzene rings is 1. The molecule has 2 N–H and O–H groups in total. The Bertz CT molecular complexity index is 839. The number of para-hydroxylation sites is 1. The first-order valence-electron chi connectivity index (χ1n) is 9.45. The highest BCUT2D eigenvalue weighted by atomic mass is 19.4. The van der Waals surface area contributed by atoms with Gasteiger partial charge < -0.3 is 24.5 Å². The zero-order valence-corrected chi connectivity index (χ0v) is 17.2. The van der Waals surface area contributed by atoms with Gasteiger partial charge in [-0.3, -0.25) is 9.59 Å². The summed E-state index contributed by atoms with van der Waals surface area (Å²) in [5, 5.41) is 12.5. The molecule has 1 aromatic rings. The fourth-order valence-corrected chi connectivity index (χ4v) is 2.67. The first-order chi connectivity index (χ1) is 14.3.